The molecule has 0 aliphatic rings. The summed E-state index contributed by atoms with van der Waals surface area (Å²) in [7, 11) is 1.28. The van der Waals surface area contributed by atoms with Gasteiger partial charge in [0.1, 0.15) is 0 Å². The minimum Gasteiger partial charge on any atom is -0.465 e. The molecule has 3 nitrogen and oxygen atoms in total. The number of carbonyl (C=O) groups is 1. The number of terminal acetylenes is 1. The summed E-state index contributed by atoms with van der Waals surface area (Å²) in [5.41, 5.74) is 6.78. The summed E-state index contributed by atoms with van der Waals surface area (Å²) >= 11 is 7.88. The van der Waals surface area contributed by atoms with Gasteiger partial charge in [0.15, 0.2) is 0 Å². The summed E-state index contributed by atoms with van der Waals surface area (Å²) in [6, 6.07) is 1.45. The molecule has 1 rings (SSSR count). The molecule has 78 valence electrons. The quantitative estimate of drug-likeness (QED) is 0.371. The van der Waals surface area contributed by atoms with Gasteiger partial charge >= 0.3 is 5.97 Å². The number of ether oxygens (including phenoxy) is 1. The zero-order chi connectivity index (χ0) is 11.6. The van der Waals surface area contributed by atoms with Crippen LogP contribution < -0.4 is 5.73 Å². The Morgan fingerprint density at radius 2 is 2.33 bits per heavy atom. The molecule has 0 saturated heterocycles. The molecule has 0 fully saturated rings. The first-order valence-corrected chi connectivity index (χ1v) is 5.31. The molecule has 1 aromatic carbocycles. The van der Waals surface area contributed by atoms with Crippen LogP contribution in [0.5, 0.6) is 0 Å². The van der Waals surface area contributed by atoms with Gasteiger partial charge in [-0.25, -0.2) is 4.79 Å². The van der Waals surface area contributed by atoms with E-state index < -0.39 is 5.97 Å². The number of rotatable bonds is 1. The van der Waals surface area contributed by atoms with Crippen molar-refractivity contribution < 1.29 is 9.53 Å². The molecule has 0 atom stereocenters. The van der Waals surface area contributed by atoms with E-state index in [1.165, 1.54) is 13.2 Å². The number of halogens is 2. The third kappa shape index (κ3) is 2.19. The maximum absolute atomic E-state index is 11.3. The number of carbonyl (C=O) groups excluding carboxylic acids is 1. The fourth-order valence-corrected chi connectivity index (χ4v) is 1.83. The lowest BCUT2D eigenvalue weighted by molar-refractivity contribution is 0.0601. The van der Waals surface area contributed by atoms with Crippen LogP contribution in [0.3, 0.4) is 0 Å². The number of methoxy groups -OCH3 is 1. The standard InChI is InChI=1S/C10H7ClINO2/c1-3-5-4-6(10(14)15-2)7(11)8(12)9(5)13/h1,4H,13H2,2H3. The van der Waals surface area contributed by atoms with Gasteiger partial charge in [-0.2, -0.15) is 0 Å². The van der Waals surface area contributed by atoms with E-state index in [4.69, 9.17) is 23.8 Å². The van der Waals surface area contributed by atoms with E-state index in [0.29, 0.717) is 14.8 Å². The summed E-state index contributed by atoms with van der Waals surface area (Å²) in [6.45, 7) is 0. The molecule has 5 heteroatoms. The normalized spacial score (nSPS) is 9.47. The molecule has 15 heavy (non-hydrogen) atoms. The largest absolute Gasteiger partial charge is 0.465 e. The minimum absolute atomic E-state index is 0.228. The van der Waals surface area contributed by atoms with E-state index in [1.807, 2.05) is 22.6 Å². The molecule has 0 unspecified atom stereocenters. The Hall–Kier alpha value is -0.930. The molecule has 2 N–H and O–H groups in total. The van der Waals surface area contributed by atoms with Gasteiger partial charge in [-0.05, 0) is 28.7 Å². The summed E-state index contributed by atoms with van der Waals surface area (Å²) in [4.78, 5) is 11.3. The van der Waals surface area contributed by atoms with E-state index >= 15 is 0 Å². The Morgan fingerprint density at radius 3 is 2.80 bits per heavy atom. The topological polar surface area (TPSA) is 52.3 Å². The van der Waals surface area contributed by atoms with Crippen LogP contribution >= 0.6 is 34.2 Å². The Kier molecular flexibility index (Phi) is 3.83. The third-order valence-corrected chi connectivity index (χ3v) is 3.64. The highest BCUT2D eigenvalue weighted by Gasteiger charge is 2.17. The molecule has 0 spiro atoms. The van der Waals surface area contributed by atoms with Crippen LogP contribution in [0.4, 0.5) is 5.69 Å². The zero-order valence-corrected chi connectivity index (χ0v) is 10.7. The molecule has 1 aromatic rings. The molecule has 0 amide bonds. The van der Waals surface area contributed by atoms with Gasteiger partial charge in [0, 0.05) is 5.56 Å². The number of hydrogen-bond donors (Lipinski definition) is 1. The molecule has 0 bridgehead atoms. The average Bonchev–Trinajstić information content (AvgIpc) is 2.25. The van der Waals surface area contributed by atoms with Crippen molar-refractivity contribution in [2.24, 2.45) is 0 Å². The third-order valence-electron chi connectivity index (χ3n) is 1.81. The Morgan fingerprint density at radius 1 is 1.73 bits per heavy atom. The van der Waals surface area contributed by atoms with Crippen molar-refractivity contribution >= 4 is 45.8 Å². The summed E-state index contributed by atoms with van der Waals surface area (Å²) in [5, 5.41) is 0.263. The predicted molar refractivity (Wildman–Crippen MR) is 67.9 cm³/mol. The van der Waals surface area contributed by atoms with Gasteiger partial charge in [-0.3, -0.25) is 0 Å². The van der Waals surface area contributed by atoms with Crippen molar-refractivity contribution in [2.75, 3.05) is 12.8 Å². The molecule has 0 saturated carbocycles. The first-order chi connectivity index (χ1) is 7.02. The molecule has 0 aliphatic carbocycles. The van der Waals surface area contributed by atoms with Gasteiger partial charge in [-0.15, -0.1) is 6.42 Å². The van der Waals surface area contributed by atoms with Crippen LogP contribution in [-0.2, 0) is 4.74 Å². The fraction of sp³-hybridized carbons (Fsp3) is 0.100. The molecular formula is C10H7ClINO2. The average molecular weight is 336 g/mol. The van der Waals surface area contributed by atoms with Crippen molar-refractivity contribution in [1.82, 2.24) is 0 Å². The van der Waals surface area contributed by atoms with E-state index in [1.54, 1.807) is 0 Å². The van der Waals surface area contributed by atoms with Gasteiger partial charge in [0.25, 0.3) is 0 Å². The van der Waals surface area contributed by atoms with Crippen LogP contribution in [0.25, 0.3) is 0 Å². The second-order valence-corrected chi connectivity index (χ2v) is 4.11. The van der Waals surface area contributed by atoms with Crippen LogP contribution in [0, 0.1) is 15.9 Å². The lowest BCUT2D eigenvalue weighted by Crippen LogP contribution is -2.06. The number of hydrogen-bond acceptors (Lipinski definition) is 3. The summed E-state index contributed by atoms with van der Waals surface area (Å²) < 4.78 is 5.14. The Labute approximate surface area is 106 Å². The predicted octanol–water partition coefficient (Wildman–Crippen LogP) is 2.29. The minimum atomic E-state index is -0.533. The van der Waals surface area contributed by atoms with Gasteiger partial charge in [0.2, 0.25) is 0 Å². The van der Waals surface area contributed by atoms with Crippen molar-refractivity contribution in [3.05, 3.63) is 25.8 Å². The molecule has 0 aliphatic heterocycles. The highest BCUT2D eigenvalue weighted by molar-refractivity contribution is 14.1. The highest BCUT2D eigenvalue weighted by atomic mass is 127. The van der Waals surface area contributed by atoms with E-state index in [9.17, 15) is 4.79 Å². The maximum Gasteiger partial charge on any atom is 0.339 e. The van der Waals surface area contributed by atoms with Gasteiger partial charge in [-0.1, -0.05) is 17.5 Å². The Balaban J connectivity index is 3.50. The van der Waals surface area contributed by atoms with Gasteiger partial charge in [0.05, 0.1) is 27.0 Å². The van der Waals surface area contributed by atoms with Crippen LogP contribution in [0.2, 0.25) is 5.02 Å². The number of anilines is 1. The van der Waals surface area contributed by atoms with E-state index in [0.717, 1.165) is 0 Å². The number of benzene rings is 1. The van der Waals surface area contributed by atoms with E-state index in [-0.39, 0.29) is 10.6 Å². The second-order valence-electron chi connectivity index (χ2n) is 2.65. The lowest BCUT2D eigenvalue weighted by Gasteiger charge is -2.08. The van der Waals surface area contributed by atoms with Crippen molar-refractivity contribution in [3.63, 3.8) is 0 Å². The Bertz CT molecular complexity index is 465. The molecular weight excluding hydrogens is 328 g/mol. The van der Waals surface area contributed by atoms with E-state index in [2.05, 4.69) is 10.7 Å². The van der Waals surface area contributed by atoms with Crippen LogP contribution in [-0.4, -0.2) is 13.1 Å². The zero-order valence-electron chi connectivity index (χ0n) is 7.80. The smallest absolute Gasteiger partial charge is 0.339 e. The summed E-state index contributed by atoms with van der Waals surface area (Å²) in [5.74, 6) is 1.85. The number of nitrogen functional groups attached to an aromatic ring is 1. The van der Waals surface area contributed by atoms with Crippen LogP contribution in [0.1, 0.15) is 15.9 Å². The maximum atomic E-state index is 11.3. The van der Waals surface area contributed by atoms with Crippen molar-refractivity contribution in [3.8, 4) is 12.3 Å². The second kappa shape index (κ2) is 4.73. The fourth-order valence-electron chi connectivity index (χ4n) is 1.02. The summed E-state index contributed by atoms with van der Waals surface area (Å²) in [6.07, 6.45) is 5.25. The first kappa shape index (κ1) is 12.1. The number of esters is 1. The lowest BCUT2D eigenvalue weighted by atomic mass is 10.1. The van der Waals surface area contributed by atoms with Crippen molar-refractivity contribution in [2.45, 2.75) is 0 Å². The van der Waals surface area contributed by atoms with Crippen LogP contribution in [0.15, 0.2) is 6.07 Å². The molecule has 0 heterocycles. The van der Waals surface area contributed by atoms with Crippen molar-refractivity contribution in [1.29, 1.82) is 0 Å². The SMILES string of the molecule is C#Cc1cc(C(=O)OC)c(Cl)c(I)c1N. The monoisotopic (exact) mass is 335 g/mol. The highest BCUT2D eigenvalue weighted by Crippen LogP contribution is 2.31. The number of nitrogens with two attached hydrogens (primary N) is 1. The van der Waals surface area contributed by atoms with Gasteiger partial charge < -0.3 is 10.5 Å². The molecule has 0 radical (unpaired) electrons. The molecule has 0 aromatic heterocycles. The first-order valence-electron chi connectivity index (χ1n) is 3.85.